The van der Waals surface area contributed by atoms with Gasteiger partial charge in [-0.25, -0.2) is 4.98 Å². The molecule has 33 heavy (non-hydrogen) atoms. The molecular formula is C25H31N3O4S. The zero-order valence-electron chi connectivity index (χ0n) is 19.7. The number of carbonyl (C=O) groups excluding carboxylic acids is 3. The van der Waals surface area contributed by atoms with E-state index in [2.05, 4.69) is 11.1 Å². The largest absolute Gasteiger partial charge is 0.466 e. The van der Waals surface area contributed by atoms with Crippen molar-refractivity contribution in [3.63, 3.8) is 0 Å². The number of esters is 1. The van der Waals surface area contributed by atoms with Crippen molar-refractivity contribution in [2.75, 3.05) is 33.3 Å². The van der Waals surface area contributed by atoms with E-state index in [1.165, 1.54) is 22.2 Å². The second-order valence-electron chi connectivity index (χ2n) is 8.30. The molecule has 0 saturated carbocycles. The van der Waals surface area contributed by atoms with Crippen LogP contribution in [0.3, 0.4) is 0 Å². The molecule has 7 nitrogen and oxygen atoms in total. The van der Waals surface area contributed by atoms with Crippen LogP contribution in [0, 0.1) is 19.8 Å². The Morgan fingerprint density at radius 1 is 1.18 bits per heavy atom. The summed E-state index contributed by atoms with van der Waals surface area (Å²) in [6.45, 7) is 7.19. The Morgan fingerprint density at radius 2 is 1.91 bits per heavy atom. The first-order chi connectivity index (χ1) is 15.8. The van der Waals surface area contributed by atoms with E-state index in [0.29, 0.717) is 43.1 Å². The first kappa shape index (κ1) is 24.8. The summed E-state index contributed by atoms with van der Waals surface area (Å²) in [6, 6.07) is 9.64. The number of likely N-dealkylation sites (N-methyl/N-ethyl adjacent to an activating group) is 1. The maximum absolute atomic E-state index is 13.2. The van der Waals surface area contributed by atoms with Gasteiger partial charge < -0.3 is 14.5 Å². The summed E-state index contributed by atoms with van der Waals surface area (Å²) in [4.78, 5) is 46.5. The van der Waals surface area contributed by atoms with E-state index in [4.69, 9.17) is 4.74 Å². The summed E-state index contributed by atoms with van der Waals surface area (Å²) in [5.41, 5.74) is 2.77. The zero-order chi connectivity index (χ0) is 24.0. The minimum absolute atomic E-state index is 0.0224. The average molecular weight is 470 g/mol. The van der Waals surface area contributed by atoms with Crippen molar-refractivity contribution < 1.29 is 19.1 Å². The Labute approximate surface area is 199 Å². The van der Waals surface area contributed by atoms with Crippen molar-refractivity contribution in [1.29, 1.82) is 0 Å². The summed E-state index contributed by atoms with van der Waals surface area (Å²) in [5, 5.41) is 0.615. The van der Waals surface area contributed by atoms with Crippen LogP contribution in [0.1, 0.15) is 41.3 Å². The third-order valence-electron chi connectivity index (χ3n) is 5.73. The molecule has 0 bridgehead atoms. The lowest BCUT2D eigenvalue weighted by Gasteiger charge is -2.32. The van der Waals surface area contributed by atoms with Crippen molar-refractivity contribution in [2.24, 2.45) is 5.92 Å². The topological polar surface area (TPSA) is 79.8 Å². The molecule has 1 aromatic heterocycles. The molecule has 0 atom stereocenters. The van der Waals surface area contributed by atoms with Gasteiger partial charge in [0, 0.05) is 31.2 Å². The molecule has 1 fully saturated rings. The Hall–Kier alpha value is -2.87. The van der Waals surface area contributed by atoms with Gasteiger partial charge in [0.15, 0.2) is 0 Å². The number of aryl methyl sites for hydroxylation is 2. The molecule has 0 N–H and O–H groups in total. The summed E-state index contributed by atoms with van der Waals surface area (Å²) < 4.78 is 5.09. The van der Waals surface area contributed by atoms with Crippen LogP contribution in [0.15, 0.2) is 46.5 Å². The van der Waals surface area contributed by atoms with Crippen molar-refractivity contribution in [2.45, 2.75) is 43.5 Å². The molecule has 2 amide bonds. The minimum Gasteiger partial charge on any atom is -0.466 e. The van der Waals surface area contributed by atoms with Gasteiger partial charge in [-0.3, -0.25) is 14.4 Å². The van der Waals surface area contributed by atoms with Crippen molar-refractivity contribution in [3.8, 4) is 0 Å². The number of ether oxygens (including phenoxy) is 1. The van der Waals surface area contributed by atoms with Gasteiger partial charge >= 0.3 is 5.97 Å². The molecule has 0 spiro atoms. The molecule has 3 rings (SSSR count). The molecule has 0 unspecified atom stereocenters. The van der Waals surface area contributed by atoms with Gasteiger partial charge in [0.2, 0.25) is 5.91 Å². The summed E-state index contributed by atoms with van der Waals surface area (Å²) in [7, 11) is 1.63. The van der Waals surface area contributed by atoms with Crippen LogP contribution in [-0.2, 0) is 14.3 Å². The van der Waals surface area contributed by atoms with Crippen LogP contribution in [-0.4, -0.2) is 65.9 Å². The Morgan fingerprint density at radius 3 is 2.58 bits per heavy atom. The predicted octanol–water partition coefficient (Wildman–Crippen LogP) is 3.72. The molecule has 2 heterocycles. The number of rotatable bonds is 7. The van der Waals surface area contributed by atoms with E-state index < -0.39 is 0 Å². The second-order valence-corrected chi connectivity index (χ2v) is 9.33. The Kier molecular flexibility index (Phi) is 8.49. The van der Waals surface area contributed by atoms with E-state index in [0.717, 1.165) is 10.5 Å². The van der Waals surface area contributed by atoms with Crippen molar-refractivity contribution in [1.82, 2.24) is 14.8 Å². The van der Waals surface area contributed by atoms with Gasteiger partial charge in [0.05, 0.1) is 24.6 Å². The highest BCUT2D eigenvalue weighted by Crippen LogP contribution is 2.32. The predicted molar refractivity (Wildman–Crippen MR) is 127 cm³/mol. The second kappa shape index (κ2) is 11.3. The highest BCUT2D eigenvalue weighted by Gasteiger charge is 2.29. The average Bonchev–Trinajstić information content (AvgIpc) is 2.81. The summed E-state index contributed by atoms with van der Waals surface area (Å²) >= 11 is 1.45. The fraction of sp³-hybridized carbons (Fsp3) is 0.440. The highest BCUT2D eigenvalue weighted by atomic mass is 32.2. The Bertz CT molecular complexity index is 1020. The highest BCUT2D eigenvalue weighted by molar-refractivity contribution is 7.99. The van der Waals surface area contributed by atoms with E-state index >= 15 is 0 Å². The smallest absolute Gasteiger partial charge is 0.309 e. The van der Waals surface area contributed by atoms with Gasteiger partial charge in [-0.05, 0) is 57.4 Å². The number of hydrogen-bond acceptors (Lipinski definition) is 6. The maximum Gasteiger partial charge on any atom is 0.309 e. The molecule has 1 aliphatic heterocycles. The van der Waals surface area contributed by atoms with Crippen LogP contribution in [0.2, 0.25) is 0 Å². The van der Waals surface area contributed by atoms with Crippen molar-refractivity contribution in [3.05, 3.63) is 53.2 Å². The van der Waals surface area contributed by atoms with Crippen LogP contribution in [0.4, 0.5) is 0 Å². The fourth-order valence-corrected chi connectivity index (χ4v) is 4.80. The van der Waals surface area contributed by atoms with Crippen LogP contribution < -0.4 is 0 Å². The molecule has 1 aliphatic rings. The van der Waals surface area contributed by atoms with Gasteiger partial charge in [0.25, 0.3) is 5.91 Å². The Balaban J connectivity index is 1.62. The molecular weight excluding hydrogens is 438 g/mol. The summed E-state index contributed by atoms with van der Waals surface area (Å²) in [5.74, 6) is -0.721. The standard InChI is InChI=1S/C25H31N3O4S/c1-5-32-25(31)19-10-13-28(14-11-19)22(29)16-27(4)24(30)20-7-6-12-26-23(20)33-21-9-8-17(2)15-18(21)3/h6-9,12,15,19H,5,10-11,13-14,16H2,1-4H3. The van der Waals surface area contributed by atoms with Crippen molar-refractivity contribution >= 4 is 29.5 Å². The number of amides is 2. The third-order valence-corrected chi connectivity index (χ3v) is 6.92. The minimum atomic E-state index is -0.245. The lowest BCUT2D eigenvalue weighted by Crippen LogP contribution is -2.45. The fourth-order valence-electron chi connectivity index (χ4n) is 3.86. The molecule has 0 aliphatic carbocycles. The monoisotopic (exact) mass is 469 g/mol. The number of piperidine rings is 1. The van der Waals surface area contributed by atoms with Gasteiger partial charge in [-0.1, -0.05) is 29.5 Å². The van der Waals surface area contributed by atoms with Gasteiger partial charge in [-0.2, -0.15) is 0 Å². The van der Waals surface area contributed by atoms with Crippen LogP contribution >= 0.6 is 11.8 Å². The van der Waals surface area contributed by atoms with Crippen LogP contribution in [0.25, 0.3) is 0 Å². The zero-order valence-corrected chi connectivity index (χ0v) is 20.5. The number of pyridine rings is 1. The number of hydrogen-bond donors (Lipinski definition) is 0. The number of nitrogens with zero attached hydrogens (tertiary/aromatic N) is 3. The first-order valence-corrected chi connectivity index (χ1v) is 12.0. The van der Waals surface area contributed by atoms with E-state index in [1.54, 1.807) is 37.2 Å². The molecule has 0 radical (unpaired) electrons. The van der Waals surface area contributed by atoms with E-state index in [9.17, 15) is 14.4 Å². The van der Waals surface area contributed by atoms with Crippen LogP contribution in [0.5, 0.6) is 0 Å². The van der Waals surface area contributed by atoms with E-state index in [-0.39, 0.29) is 30.2 Å². The number of likely N-dealkylation sites (tertiary alicyclic amines) is 1. The van der Waals surface area contributed by atoms with Gasteiger partial charge in [-0.15, -0.1) is 0 Å². The van der Waals surface area contributed by atoms with Gasteiger partial charge in [0.1, 0.15) is 5.03 Å². The summed E-state index contributed by atoms with van der Waals surface area (Å²) in [6.07, 6.45) is 2.84. The normalized spacial score (nSPS) is 14.1. The molecule has 1 aromatic carbocycles. The lowest BCUT2D eigenvalue weighted by molar-refractivity contribution is -0.151. The molecule has 2 aromatic rings. The number of aromatic nitrogens is 1. The quantitative estimate of drug-likeness (QED) is 0.575. The number of carbonyl (C=O) groups is 3. The SMILES string of the molecule is CCOC(=O)C1CCN(C(=O)CN(C)C(=O)c2cccnc2Sc2ccc(C)cc2C)CC1. The maximum atomic E-state index is 13.2. The molecule has 1 saturated heterocycles. The lowest BCUT2D eigenvalue weighted by atomic mass is 9.97. The van der Waals surface area contributed by atoms with E-state index in [1.807, 2.05) is 26.0 Å². The molecule has 176 valence electrons. The third kappa shape index (κ3) is 6.35. The number of benzene rings is 1. The first-order valence-electron chi connectivity index (χ1n) is 11.2. The molecule has 8 heteroatoms.